The molecule has 0 radical (unpaired) electrons. The van der Waals surface area contributed by atoms with E-state index >= 15 is 0 Å². The molecule has 0 saturated carbocycles. The van der Waals surface area contributed by atoms with Gasteiger partial charge in [-0.15, -0.1) is 0 Å². The third kappa shape index (κ3) is 1.35. The molecule has 0 saturated heterocycles. The van der Waals surface area contributed by atoms with Gasteiger partial charge >= 0.3 is 0 Å². The fourth-order valence-corrected chi connectivity index (χ4v) is 1.35. The predicted molar refractivity (Wildman–Crippen MR) is 50.4 cm³/mol. The number of nitrogens with zero attached hydrogens (tertiary/aromatic N) is 2. The molecule has 0 aliphatic carbocycles. The SMILES string of the molecule is Cc1cccc(-c2no[n+]([O-])c2C)c1. The highest BCUT2D eigenvalue weighted by Gasteiger charge is 2.15. The zero-order chi connectivity index (χ0) is 10.1. The fraction of sp³-hybridized carbons (Fsp3) is 0.200. The molecule has 0 unspecified atom stereocenters. The molecule has 2 aromatic rings. The van der Waals surface area contributed by atoms with Crippen molar-refractivity contribution < 1.29 is 9.53 Å². The van der Waals surface area contributed by atoms with Gasteiger partial charge in [0, 0.05) is 17.6 Å². The lowest BCUT2D eigenvalue weighted by molar-refractivity contribution is -0.806. The zero-order valence-electron chi connectivity index (χ0n) is 8.02. The largest absolute Gasteiger partial charge is 0.359 e. The Morgan fingerprint density at radius 3 is 2.71 bits per heavy atom. The smallest absolute Gasteiger partial charge is 0.251 e. The molecule has 1 heterocycles. The summed E-state index contributed by atoms with van der Waals surface area (Å²) in [6, 6.07) is 7.78. The summed E-state index contributed by atoms with van der Waals surface area (Å²) in [5, 5.41) is 14.7. The van der Waals surface area contributed by atoms with Crippen LogP contribution in [0.3, 0.4) is 0 Å². The summed E-state index contributed by atoms with van der Waals surface area (Å²) in [5.41, 5.74) is 3.11. The summed E-state index contributed by atoms with van der Waals surface area (Å²) in [6.45, 7) is 3.67. The summed E-state index contributed by atoms with van der Waals surface area (Å²) in [5.74, 6) is 0. The summed E-state index contributed by atoms with van der Waals surface area (Å²) < 4.78 is 4.50. The molecule has 0 N–H and O–H groups in total. The Kier molecular flexibility index (Phi) is 1.96. The van der Waals surface area contributed by atoms with Crippen molar-refractivity contribution in [3.8, 4) is 11.3 Å². The van der Waals surface area contributed by atoms with Gasteiger partial charge in [0.05, 0.1) is 0 Å². The number of hydrogen-bond donors (Lipinski definition) is 0. The molecule has 0 spiro atoms. The average Bonchev–Trinajstić information content (AvgIpc) is 2.48. The van der Waals surface area contributed by atoms with Crippen LogP contribution in [0.1, 0.15) is 11.3 Å². The summed E-state index contributed by atoms with van der Waals surface area (Å²) in [4.78, 5) is 0.414. The molecule has 2 rings (SSSR count). The maximum Gasteiger partial charge on any atom is 0.251 e. The van der Waals surface area contributed by atoms with Gasteiger partial charge in [-0.3, -0.25) is 4.63 Å². The molecule has 4 heteroatoms. The molecule has 1 aromatic heterocycles. The van der Waals surface area contributed by atoms with E-state index in [0.29, 0.717) is 16.3 Å². The van der Waals surface area contributed by atoms with E-state index in [1.807, 2.05) is 31.2 Å². The molecule has 0 atom stereocenters. The third-order valence-corrected chi connectivity index (χ3v) is 2.11. The van der Waals surface area contributed by atoms with Crippen molar-refractivity contribution in [1.29, 1.82) is 0 Å². The number of hydrogen-bond acceptors (Lipinski definition) is 3. The molecule has 14 heavy (non-hydrogen) atoms. The molecule has 1 aromatic carbocycles. The van der Waals surface area contributed by atoms with Crippen molar-refractivity contribution >= 4 is 0 Å². The van der Waals surface area contributed by atoms with Crippen LogP contribution in [0.2, 0.25) is 0 Å². The first-order valence-corrected chi connectivity index (χ1v) is 4.32. The monoisotopic (exact) mass is 190 g/mol. The second kappa shape index (κ2) is 3.14. The van der Waals surface area contributed by atoms with E-state index in [1.54, 1.807) is 6.92 Å². The third-order valence-electron chi connectivity index (χ3n) is 2.11. The molecule has 0 bridgehead atoms. The van der Waals surface area contributed by atoms with Crippen LogP contribution < -0.4 is 4.90 Å². The van der Waals surface area contributed by atoms with E-state index in [2.05, 4.69) is 9.79 Å². The van der Waals surface area contributed by atoms with Gasteiger partial charge in [0.1, 0.15) is 0 Å². The van der Waals surface area contributed by atoms with Crippen molar-refractivity contribution in [2.45, 2.75) is 13.8 Å². The Bertz CT molecular complexity index is 463. The van der Waals surface area contributed by atoms with Gasteiger partial charge in [0.15, 0.2) is 0 Å². The van der Waals surface area contributed by atoms with Gasteiger partial charge in [-0.25, -0.2) is 0 Å². The van der Waals surface area contributed by atoms with Crippen molar-refractivity contribution in [3.63, 3.8) is 0 Å². The molecule has 0 aliphatic rings. The maximum absolute atomic E-state index is 11.0. The van der Waals surface area contributed by atoms with Crippen LogP contribution in [0.5, 0.6) is 0 Å². The lowest BCUT2D eigenvalue weighted by atomic mass is 10.1. The molecular weight excluding hydrogens is 180 g/mol. The first kappa shape index (κ1) is 8.74. The van der Waals surface area contributed by atoms with Crippen LogP contribution in [-0.2, 0) is 0 Å². The maximum atomic E-state index is 11.0. The number of aromatic nitrogens is 2. The van der Waals surface area contributed by atoms with E-state index < -0.39 is 0 Å². The van der Waals surface area contributed by atoms with Crippen LogP contribution >= 0.6 is 0 Å². The molecular formula is C10H10N2O2. The lowest BCUT2D eigenvalue weighted by Gasteiger charge is -1.94. The molecule has 0 aliphatic heterocycles. The van der Waals surface area contributed by atoms with Crippen LogP contribution in [0.25, 0.3) is 11.3 Å². The highest BCUT2D eigenvalue weighted by molar-refractivity contribution is 5.60. The van der Waals surface area contributed by atoms with Gasteiger partial charge in [0.2, 0.25) is 5.69 Å². The van der Waals surface area contributed by atoms with Crippen LogP contribution in [0, 0.1) is 19.1 Å². The van der Waals surface area contributed by atoms with Crippen molar-refractivity contribution in [3.05, 3.63) is 40.7 Å². The number of benzene rings is 1. The van der Waals surface area contributed by atoms with E-state index in [1.165, 1.54) is 0 Å². The van der Waals surface area contributed by atoms with Crippen molar-refractivity contribution in [1.82, 2.24) is 5.16 Å². The lowest BCUT2D eigenvalue weighted by Crippen LogP contribution is -2.25. The molecule has 4 nitrogen and oxygen atoms in total. The van der Waals surface area contributed by atoms with E-state index in [9.17, 15) is 5.21 Å². The van der Waals surface area contributed by atoms with Crippen LogP contribution in [0.15, 0.2) is 28.9 Å². The quantitative estimate of drug-likeness (QED) is 0.641. The highest BCUT2D eigenvalue weighted by Crippen LogP contribution is 2.19. The second-order valence-corrected chi connectivity index (χ2v) is 3.23. The predicted octanol–water partition coefficient (Wildman–Crippen LogP) is 1.59. The minimum absolute atomic E-state index is 0.414. The Morgan fingerprint density at radius 1 is 1.36 bits per heavy atom. The average molecular weight is 190 g/mol. The van der Waals surface area contributed by atoms with Gasteiger partial charge in [-0.05, 0) is 17.9 Å². The van der Waals surface area contributed by atoms with Gasteiger partial charge in [-0.2, -0.15) is 0 Å². The Labute approximate surface area is 81.3 Å². The molecule has 72 valence electrons. The highest BCUT2D eigenvalue weighted by atomic mass is 16.8. The Hall–Kier alpha value is -1.84. The van der Waals surface area contributed by atoms with Gasteiger partial charge < -0.3 is 5.21 Å². The van der Waals surface area contributed by atoms with E-state index in [0.717, 1.165) is 11.1 Å². The molecule has 0 fully saturated rings. The minimum atomic E-state index is 0.414. The minimum Gasteiger partial charge on any atom is -0.359 e. The Balaban J connectivity index is 2.55. The summed E-state index contributed by atoms with van der Waals surface area (Å²) in [6.07, 6.45) is 0. The zero-order valence-corrected chi connectivity index (χ0v) is 8.02. The van der Waals surface area contributed by atoms with Gasteiger partial charge in [-0.1, -0.05) is 23.8 Å². The van der Waals surface area contributed by atoms with Crippen molar-refractivity contribution in [2.24, 2.45) is 0 Å². The van der Waals surface area contributed by atoms with E-state index in [4.69, 9.17) is 0 Å². The first-order chi connectivity index (χ1) is 6.68. The standard InChI is InChI=1S/C10H10N2O2/c1-7-4-3-5-9(6-7)10-8(2)12(13)14-11-10/h3-6H,1-2H3. The summed E-state index contributed by atoms with van der Waals surface area (Å²) in [7, 11) is 0. The topological polar surface area (TPSA) is 53.0 Å². The fourth-order valence-electron chi connectivity index (χ4n) is 1.35. The second-order valence-electron chi connectivity index (χ2n) is 3.23. The van der Waals surface area contributed by atoms with Gasteiger partial charge in [0.25, 0.3) is 5.69 Å². The molecule has 0 amide bonds. The van der Waals surface area contributed by atoms with Crippen molar-refractivity contribution in [2.75, 3.05) is 0 Å². The summed E-state index contributed by atoms with van der Waals surface area (Å²) >= 11 is 0. The number of aryl methyl sites for hydroxylation is 1. The number of rotatable bonds is 1. The van der Waals surface area contributed by atoms with Crippen LogP contribution in [-0.4, -0.2) is 5.16 Å². The first-order valence-electron chi connectivity index (χ1n) is 4.32. The van der Waals surface area contributed by atoms with E-state index in [-0.39, 0.29) is 0 Å². The Morgan fingerprint density at radius 2 is 2.14 bits per heavy atom. The normalized spacial score (nSPS) is 10.4. The van der Waals surface area contributed by atoms with Crippen LogP contribution in [0.4, 0.5) is 0 Å².